The Kier molecular flexibility index (Phi) is 5.25. The monoisotopic (exact) mass is 298 g/mol. The SMILES string of the molecule is Cc1ccc(F)c(C(=O)N2CCC(OCCN)CC2)c1F. The average Bonchev–Trinajstić information content (AvgIpc) is 2.49. The first-order chi connectivity index (χ1) is 10.0. The van der Waals surface area contributed by atoms with E-state index in [1.165, 1.54) is 17.9 Å². The second-order valence-electron chi connectivity index (χ2n) is 5.20. The van der Waals surface area contributed by atoms with Gasteiger partial charge < -0.3 is 15.4 Å². The topological polar surface area (TPSA) is 55.6 Å². The van der Waals surface area contributed by atoms with E-state index >= 15 is 0 Å². The second-order valence-corrected chi connectivity index (χ2v) is 5.20. The fourth-order valence-corrected chi connectivity index (χ4v) is 2.47. The van der Waals surface area contributed by atoms with Crippen LogP contribution in [0.3, 0.4) is 0 Å². The van der Waals surface area contributed by atoms with Crippen molar-refractivity contribution in [2.45, 2.75) is 25.9 Å². The van der Waals surface area contributed by atoms with Gasteiger partial charge in [0.2, 0.25) is 0 Å². The highest BCUT2D eigenvalue weighted by molar-refractivity contribution is 5.95. The molecule has 1 amide bonds. The Hall–Kier alpha value is -1.53. The zero-order chi connectivity index (χ0) is 15.4. The first kappa shape index (κ1) is 15.9. The number of carbonyl (C=O) groups excluding carboxylic acids is 1. The Morgan fingerprint density at radius 2 is 2.05 bits per heavy atom. The minimum absolute atomic E-state index is 0.0600. The van der Waals surface area contributed by atoms with E-state index < -0.39 is 23.1 Å². The molecule has 1 aromatic rings. The van der Waals surface area contributed by atoms with Gasteiger partial charge in [-0.1, -0.05) is 6.07 Å². The van der Waals surface area contributed by atoms with Gasteiger partial charge in [0.15, 0.2) is 0 Å². The Balaban J connectivity index is 2.04. The number of nitrogens with zero attached hydrogens (tertiary/aromatic N) is 1. The molecule has 0 radical (unpaired) electrons. The highest BCUT2D eigenvalue weighted by Gasteiger charge is 2.28. The summed E-state index contributed by atoms with van der Waals surface area (Å²) in [6.45, 7) is 3.32. The minimum Gasteiger partial charge on any atom is -0.377 e. The average molecular weight is 298 g/mol. The molecule has 1 fully saturated rings. The molecule has 0 aromatic heterocycles. The lowest BCUT2D eigenvalue weighted by Gasteiger charge is -2.32. The van der Waals surface area contributed by atoms with Crippen LogP contribution in [0.2, 0.25) is 0 Å². The lowest BCUT2D eigenvalue weighted by molar-refractivity contribution is 0.0119. The summed E-state index contributed by atoms with van der Waals surface area (Å²) in [7, 11) is 0. The summed E-state index contributed by atoms with van der Waals surface area (Å²) >= 11 is 0. The van der Waals surface area contributed by atoms with Gasteiger partial charge in [-0.2, -0.15) is 0 Å². The van der Waals surface area contributed by atoms with E-state index in [1.807, 2.05) is 0 Å². The lowest BCUT2D eigenvalue weighted by Crippen LogP contribution is -2.41. The number of halogens is 2. The van der Waals surface area contributed by atoms with Crippen LogP contribution >= 0.6 is 0 Å². The first-order valence-electron chi connectivity index (χ1n) is 7.10. The van der Waals surface area contributed by atoms with Gasteiger partial charge in [-0.15, -0.1) is 0 Å². The van der Waals surface area contributed by atoms with Crippen molar-refractivity contribution in [2.75, 3.05) is 26.2 Å². The summed E-state index contributed by atoms with van der Waals surface area (Å²) in [5.41, 5.74) is 5.17. The minimum atomic E-state index is -0.815. The molecule has 6 heteroatoms. The number of hydrogen-bond donors (Lipinski definition) is 1. The zero-order valence-corrected chi connectivity index (χ0v) is 12.1. The van der Waals surface area contributed by atoms with Gasteiger partial charge in [-0.25, -0.2) is 8.78 Å². The van der Waals surface area contributed by atoms with Crippen LogP contribution in [0.4, 0.5) is 8.78 Å². The third-order valence-electron chi connectivity index (χ3n) is 3.70. The van der Waals surface area contributed by atoms with Crippen molar-refractivity contribution in [3.05, 3.63) is 34.9 Å². The number of hydrogen-bond acceptors (Lipinski definition) is 3. The molecule has 116 valence electrons. The summed E-state index contributed by atoms with van der Waals surface area (Å²) in [5, 5.41) is 0. The van der Waals surface area contributed by atoms with Crippen molar-refractivity contribution in [2.24, 2.45) is 5.73 Å². The summed E-state index contributed by atoms with van der Waals surface area (Å²) in [4.78, 5) is 13.8. The second kappa shape index (κ2) is 6.95. The molecule has 2 N–H and O–H groups in total. The number of likely N-dealkylation sites (tertiary alicyclic amines) is 1. The maximum Gasteiger partial charge on any atom is 0.259 e. The van der Waals surface area contributed by atoms with E-state index in [9.17, 15) is 13.6 Å². The number of carbonyl (C=O) groups is 1. The van der Waals surface area contributed by atoms with Crippen molar-refractivity contribution >= 4 is 5.91 Å². The van der Waals surface area contributed by atoms with Gasteiger partial charge in [-0.05, 0) is 31.4 Å². The van der Waals surface area contributed by atoms with Crippen LogP contribution in [-0.4, -0.2) is 43.2 Å². The smallest absolute Gasteiger partial charge is 0.259 e. The summed E-state index contributed by atoms with van der Waals surface area (Å²) in [6, 6.07) is 2.46. The molecule has 1 aromatic carbocycles. The van der Waals surface area contributed by atoms with Crippen LogP contribution in [-0.2, 0) is 4.74 Å². The molecule has 0 aliphatic carbocycles. The van der Waals surface area contributed by atoms with Crippen LogP contribution in [0.15, 0.2) is 12.1 Å². The predicted molar refractivity (Wildman–Crippen MR) is 75.0 cm³/mol. The largest absolute Gasteiger partial charge is 0.377 e. The Morgan fingerprint density at radius 3 is 2.67 bits per heavy atom. The van der Waals surface area contributed by atoms with Crippen molar-refractivity contribution in [1.29, 1.82) is 0 Å². The van der Waals surface area contributed by atoms with Crippen LogP contribution in [0.25, 0.3) is 0 Å². The molecular formula is C15H20F2N2O2. The van der Waals surface area contributed by atoms with Crippen molar-refractivity contribution < 1.29 is 18.3 Å². The molecule has 0 spiro atoms. The molecule has 0 unspecified atom stereocenters. The molecule has 0 atom stereocenters. The van der Waals surface area contributed by atoms with E-state index in [-0.39, 0.29) is 11.7 Å². The summed E-state index contributed by atoms with van der Waals surface area (Å²) < 4.78 is 33.3. The van der Waals surface area contributed by atoms with Crippen LogP contribution < -0.4 is 5.73 Å². The van der Waals surface area contributed by atoms with Gasteiger partial charge in [0.05, 0.1) is 12.7 Å². The van der Waals surface area contributed by atoms with Crippen molar-refractivity contribution in [3.63, 3.8) is 0 Å². The fraction of sp³-hybridized carbons (Fsp3) is 0.533. The lowest BCUT2D eigenvalue weighted by atomic mass is 10.0. The Bertz CT molecular complexity index is 515. The number of piperidine rings is 1. The number of benzene rings is 1. The molecule has 1 saturated heterocycles. The maximum atomic E-state index is 14.0. The maximum absolute atomic E-state index is 14.0. The fourth-order valence-electron chi connectivity index (χ4n) is 2.47. The number of ether oxygens (including phenoxy) is 1. The number of aryl methyl sites for hydroxylation is 1. The molecule has 1 aliphatic rings. The van der Waals surface area contributed by atoms with Gasteiger partial charge >= 0.3 is 0 Å². The number of nitrogens with two attached hydrogens (primary N) is 1. The standard InChI is InChI=1S/C15H20F2N2O2/c1-10-2-3-12(16)13(14(10)17)15(20)19-7-4-11(5-8-19)21-9-6-18/h2-3,11H,4-9,18H2,1H3. The van der Waals surface area contributed by atoms with E-state index in [0.29, 0.717) is 39.1 Å². The quantitative estimate of drug-likeness (QED) is 0.923. The number of amides is 1. The molecule has 0 saturated carbocycles. The third kappa shape index (κ3) is 3.57. The van der Waals surface area contributed by atoms with Gasteiger partial charge in [0.25, 0.3) is 5.91 Å². The van der Waals surface area contributed by atoms with Gasteiger partial charge in [0, 0.05) is 19.6 Å². The normalized spacial score (nSPS) is 16.3. The Labute approximate surface area is 122 Å². The molecule has 1 heterocycles. The highest BCUT2D eigenvalue weighted by atomic mass is 19.1. The van der Waals surface area contributed by atoms with Crippen LogP contribution in [0.5, 0.6) is 0 Å². The van der Waals surface area contributed by atoms with E-state index in [1.54, 1.807) is 0 Å². The van der Waals surface area contributed by atoms with E-state index in [0.717, 1.165) is 6.07 Å². The Morgan fingerprint density at radius 1 is 1.38 bits per heavy atom. The molecular weight excluding hydrogens is 278 g/mol. The molecule has 1 aliphatic heterocycles. The van der Waals surface area contributed by atoms with Crippen molar-refractivity contribution in [3.8, 4) is 0 Å². The van der Waals surface area contributed by atoms with Gasteiger partial charge in [-0.3, -0.25) is 4.79 Å². The van der Waals surface area contributed by atoms with Crippen LogP contribution in [0.1, 0.15) is 28.8 Å². The molecule has 2 rings (SSSR count). The van der Waals surface area contributed by atoms with E-state index in [4.69, 9.17) is 10.5 Å². The van der Waals surface area contributed by atoms with Crippen LogP contribution in [0, 0.1) is 18.6 Å². The van der Waals surface area contributed by atoms with Crippen molar-refractivity contribution in [1.82, 2.24) is 4.90 Å². The van der Waals surface area contributed by atoms with Gasteiger partial charge in [0.1, 0.15) is 17.2 Å². The zero-order valence-electron chi connectivity index (χ0n) is 12.1. The first-order valence-corrected chi connectivity index (χ1v) is 7.10. The highest BCUT2D eigenvalue weighted by Crippen LogP contribution is 2.21. The predicted octanol–water partition coefficient (Wildman–Crippen LogP) is 1.85. The molecule has 21 heavy (non-hydrogen) atoms. The van der Waals surface area contributed by atoms with E-state index in [2.05, 4.69) is 0 Å². The third-order valence-corrected chi connectivity index (χ3v) is 3.70. The molecule has 0 bridgehead atoms. The summed E-state index contributed by atoms with van der Waals surface area (Å²) in [6.07, 6.45) is 1.37. The summed E-state index contributed by atoms with van der Waals surface area (Å²) in [5.74, 6) is -2.18. The molecule has 4 nitrogen and oxygen atoms in total. The number of rotatable bonds is 4.